The fourth-order valence-corrected chi connectivity index (χ4v) is 2.14. The van der Waals surface area contributed by atoms with Gasteiger partial charge in [-0.25, -0.2) is 0 Å². The van der Waals surface area contributed by atoms with Crippen molar-refractivity contribution in [2.75, 3.05) is 0 Å². The molecule has 142 valence electrons. The summed E-state index contributed by atoms with van der Waals surface area (Å²) < 4.78 is 0. The molecule has 4 rings (SSSR count). The summed E-state index contributed by atoms with van der Waals surface area (Å²) in [5, 5.41) is 5.32. The first kappa shape index (κ1) is 27.6. The molecule has 0 saturated heterocycles. The molecular weight excluding hydrogens is 576 g/mol. The van der Waals surface area contributed by atoms with Crippen LogP contribution in [0.1, 0.15) is 13.8 Å². The van der Waals surface area contributed by atoms with Crippen LogP contribution in [0.5, 0.6) is 0 Å². The molecule has 4 aromatic carbocycles. The fourth-order valence-electron chi connectivity index (χ4n) is 2.14. The minimum atomic E-state index is -0.826. The van der Waals surface area contributed by atoms with Crippen molar-refractivity contribution in [2.24, 2.45) is 0 Å². The smallest absolute Gasteiger partial charge is 0.0809 e. The maximum Gasteiger partial charge on any atom is -0.0809 e. The molecule has 0 atom stereocenters. The topological polar surface area (TPSA) is 0 Å². The van der Waals surface area contributed by atoms with Gasteiger partial charge in [0.2, 0.25) is 0 Å². The number of fused-ring (bicyclic) bond motifs is 2. The molecule has 0 bridgehead atoms. The molecule has 4 aromatic rings. The summed E-state index contributed by atoms with van der Waals surface area (Å²) in [5.74, 6) is 0. The van der Waals surface area contributed by atoms with Gasteiger partial charge in [0.1, 0.15) is 0 Å². The van der Waals surface area contributed by atoms with Gasteiger partial charge in [0.15, 0.2) is 0 Å². The summed E-state index contributed by atoms with van der Waals surface area (Å²) in [6, 6.07) is 29.3. The molecule has 6 heteroatoms. The van der Waals surface area contributed by atoms with Crippen LogP contribution in [0.15, 0.2) is 84.9 Å². The molecule has 0 aromatic heterocycles. The van der Waals surface area contributed by atoms with E-state index in [0.717, 1.165) is 0 Å². The predicted molar refractivity (Wildman–Crippen MR) is 118 cm³/mol. The van der Waals surface area contributed by atoms with E-state index < -0.39 is 41.7 Å². The van der Waals surface area contributed by atoms with E-state index in [9.17, 15) is 0 Å². The van der Waals surface area contributed by atoms with Gasteiger partial charge in [-0.3, -0.25) is 0 Å². The molecule has 27 heavy (non-hydrogen) atoms. The van der Waals surface area contributed by atoms with E-state index in [0.29, 0.717) is 0 Å². The Morgan fingerprint density at radius 3 is 1.33 bits per heavy atom. The summed E-state index contributed by atoms with van der Waals surface area (Å²) >= 11 is -1.65. The van der Waals surface area contributed by atoms with Gasteiger partial charge < -0.3 is 6.42 Å². The Labute approximate surface area is 200 Å². The van der Waals surface area contributed by atoms with Crippen molar-refractivity contribution in [1.82, 2.24) is 0 Å². The molecule has 0 spiro atoms. The summed E-state index contributed by atoms with van der Waals surface area (Å²) in [6.07, 6.45) is 2.00. The molecule has 0 N–H and O–H groups in total. The molecule has 0 aliphatic carbocycles. The third kappa shape index (κ3) is 13.4. The molecule has 0 saturated carbocycles. The molecule has 0 aliphatic heterocycles. The molecule has 0 nitrogen and oxygen atoms in total. The molecule has 0 heterocycles. The van der Waals surface area contributed by atoms with Gasteiger partial charge in [-0.15, -0.1) is 59.3 Å². The molecule has 0 unspecified atom stereocenters. The number of hydrogen-bond acceptors (Lipinski definition) is 0. The van der Waals surface area contributed by atoms with Crippen LogP contribution < -0.4 is 0 Å². The monoisotopic (exact) mass is 593 g/mol. The summed E-state index contributed by atoms with van der Waals surface area (Å²) in [4.78, 5) is 0. The third-order valence-electron chi connectivity index (χ3n) is 3.10. The van der Waals surface area contributed by atoms with Crippen molar-refractivity contribution in [3.05, 3.63) is 91.3 Å². The van der Waals surface area contributed by atoms with E-state index in [1.165, 1.54) is 21.5 Å². The maximum atomic E-state index is 4.93. The summed E-state index contributed by atoms with van der Waals surface area (Å²) in [5.41, 5.74) is 0. The number of benzene rings is 2. The number of halogens is 4. The Hall–Kier alpha value is 0.586. The first-order chi connectivity index (χ1) is 13.2. The zero-order valence-electron chi connectivity index (χ0n) is 15.2. The Balaban J connectivity index is 0.000000354. The molecule has 0 amide bonds. The van der Waals surface area contributed by atoms with Gasteiger partial charge in [-0.1, -0.05) is 12.1 Å². The number of hydrogen-bond donors (Lipinski definition) is 0. The van der Waals surface area contributed by atoms with Gasteiger partial charge in [-0.05, 0) is 0 Å². The Bertz CT molecular complexity index is 681. The van der Waals surface area contributed by atoms with Crippen LogP contribution in [0.4, 0.5) is 0 Å². The van der Waals surface area contributed by atoms with Crippen LogP contribution in [0, 0.1) is 6.42 Å². The van der Waals surface area contributed by atoms with E-state index in [1.807, 2.05) is 20.3 Å². The van der Waals surface area contributed by atoms with Crippen molar-refractivity contribution in [1.29, 1.82) is 0 Å². The van der Waals surface area contributed by atoms with Crippen LogP contribution >= 0.6 is 34.1 Å². The van der Waals surface area contributed by atoms with Crippen molar-refractivity contribution >= 4 is 55.6 Å². The van der Waals surface area contributed by atoms with E-state index in [4.69, 9.17) is 34.1 Å². The Morgan fingerprint density at radius 1 is 0.741 bits per heavy atom. The molecule has 0 fully saturated rings. The van der Waals surface area contributed by atoms with Crippen LogP contribution in [-0.2, 0) is 41.7 Å². The second-order valence-corrected chi connectivity index (χ2v) is 12.5. The van der Waals surface area contributed by atoms with Crippen LogP contribution in [-0.4, -0.2) is 0 Å². The van der Waals surface area contributed by atoms with Gasteiger partial charge >= 0.3 is 75.7 Å². The summed E-state index contributed by atoms with van der Waals surface area (Å²) in [7, 11) is 19.7. The van der Waals surface area contributed by atoms with E-state index >= 15 is 0 Å². The van der Waals surface area contributed by atoms with E-state index in [1.54, 1.807) is 0 Å². The quantitative estimate of drug-likeness (QED) is 0.177. The van der Waals surface area contributed by atoms with Crippen LogP contribution in [0.25, 0.3) is 21.5 Å². The van der Waals surface area contributed by atoms with Crippen molar-refractivity contribution in [3.63, 3.8) is 0 Å². The van der Waals surface area contributed by atoms with Gasteiger partial charge in [0.25, 0.3) is 0 Å². The van der Waals surface area contributed by atoms with Crippen molar-refractivity contribution in [3.8, 4) is 0 Å². The largest absolute Gasteiger partial charge is 0.168 e. The number of rotatable bonds is 0. The minimum absolute atomic E-state index is 0.826. The van der Waals surface area contributed by atoms with Gasteiger partial charge in [-0.2, -0.15) is 48.9 Å². The van der Waals surface area contributed by atoms with Gasteiger partial charge in [0.05, 0.1) is 0 Å². The zero-order chi connectivity index (χ0) is 20.3. The molecular formula is C21H21Cl4Zr2-. The van der Waals surface area contributed by atoms with Crippen LogP contribution in [0.2, 0.25) is 0 Å². The summed E-state index contributed by atoms with van der Waals surface area (Å²) in [6.45, 7) is 4.00. The average Bonchev–Trinajstić information content (AvgIpc) is 3.33. The molecule has 0 aliphatic rings. The van der Waals surface area contributed by atoms with Crippen molar-refractivity contribution < 1.29 is 41.7 Å². The van der Waals surface area contributed by atoms with Crippen LogP contribution in [0.3, 0.4) is 0 Å². The molecule has 0 radical (unpaired) electrons. The fraction of sp³-hybridized carbons (Fsp3) is 0.0952. The zero-order valence-corrected chi connectivity index (χ0v) is 23.1. The Morgan fingerprint density at radius 2 is 1.04 bits per heavy atom. The maximum absolute atomic E-state index is 4.93. The minimum Gasteiger partial charge on any atom is -0.168 e. The second-order valence-electron chi connectivity index (χ2n) is 5.03. The Kier molecular flexibility index (Phi) is 20.3. The first-order valence-electron chi connectivity index (χ1n) is 8.05. The van der Waals surface area contributed by atoms with Crippen molar-refractivity contribution in [2.45, 2.75) is 13.8 Å². The van der Waals surface area contributed by atoms with E-state index in [2.05, 4.69) is 84.9 Å². The third-order valence-corrected chi connectivity index (χ3v) is 3.10. The first-order valence-corrected chi connectivity index (χ1v) is 20.7. The standard InChI is InChI=1S/2C9H7.C3H7.4ClH.2Zr/c2*1-2-5-9-7-3-6-8(9)4-1;1-3-2;;;;;;/h2*1-7H;3H,1-2H3;4*1H;;/q3*-1;;;;;+2;+4/p-4. The van der Waals surface area contributed by atoms with Gasteiger partial charge in [0, 0.05) is 0 Å². The average molecular weight is 598 g/mol. The van der Waals surface area contributed by atoms with E-state index in [-0.39, 0.29) is 0 Å². The SMILES string of the molecule is C[CH-]C.[Cl][Zr+2][Cl].[Cl][Zr][Cl].c1ccc2[cH-]ccc2c1.c1ccc2[cH-]ccc2c1. The normalized spacial score (nSPS) is 8.37. The second kappa shape index (κ2) is 19.9. The predicted octanol–water partition coefficient (Wildman–Crippen LogP) is 9.10.